The number of benzene rings is 1. The van der Waals surface area contributed by atoms with Gasteiger partial charge in [0.15, 0.2) is 0 Å². The van der Waals surface area contributed by atoms with Crippen molar-refractivity contribution in [3.8, 4) is 0 Å². The molecule has 3 rings (SSSR count). The lowest BCUT2D eigenvalue weighted by molar-refractivity contribution is 0.0485. The summed E-state index contributed by atoms with van der Waals surface area (Å²) in [5.74, 6) is 2.43. The molecular weight excluding hydrogens is 310 g/mol. The second-order valence-corrected chi connectivity index (χ2v) is 7.94. The van der Waals surface area contributed by atoms with Crippen LogP contribution < -0.4 is 5.32 Å². The average molecular weight is 336 g/mol. The fourth-order valence-corrected chi connectivity index (χ4v) is 5.02. The van der Waals surface area contributed by atoms with Crippen molar-refractivity contribution in [1.82, 2.24) is 5.32 Å². The Kier molecular flexibility index (Phi) is 4.24. The Morgan fingerprint density at radius 3 is 2.70 bits per heavy atom. The van der Waals surface area contributed by atoms with Crippen molar-refractivity contribution in [2.45, 2.75) is 45.4 Å². The van der Waals surface area contributed by atoms with Crippen molar-refractivity contribution in [3.05, 3.63) is 34.3 Å². The van der Waals surface area contributed by atoms with E-state index in [9.17, 15) is 0 Å². The van der Waals surface area contributed by atoms with Gasteiger partial charge in [-0.1, -0.05) is 48.0 Å². The van der Waals surface area contributed by atoms with E-state index in [1.54, 1.807) is 0 Å². The van der Waals surface area contributed by atoms with Gasteiger partial charge in [0.25, 0.3) is 0 Å². The van der Waals surface area contributed by atoms with Gasteiger partial charge in [-0.25, -0.2) is 0 Å². The first kappa shape index (κ1) is 14.6. The molecule has 1 saturated carbocycles. The topological polar surface area (TPSA) is 12.0 Å². The van der Waals surface area contributed by atoms with E-state index in [4.69, 9.17) is 0 Å². The van der Waals surface area contributed by atoms with Crippen molar-refractivity contribution in [2.24, 2.45) is 17.3 Å². The number of hydrogen-bond donors (Lipinski definition) is 1. The summed E-state index contributed by atoms with van der Waals surface area (Å²) < 4.78 is 1.29. The van der Waals surface area contributed by atoms with Crippen LogP contribution in [0.2, 0.25) is 0 Å². The largest absolute Gasteiger partial charge is 0.316 e. The van der Waals surface area contributed by atoms with E-state index in [0.29, 0.717) is 11.3 Å². The van der Waals surface area contributed by atoms with Gasteiger partial charge in [-0.2, -0.15) is 0 Å². The molecule has 4 unspecified atom stereocenters. The molecule has 0 bridgehead atoms. The van der Waals surface area contributed by atoms with E-state index in [2.05, 4.69) is 59.4 Å². The Labute approximate surface area is 131 Å². The molecular formula is C18H26BrN. The van der Waals surface area contributed by atoms with Crippen molar-refractivity contribution in [2.75, 3.05) is 13.1 Å². The summed E-state index contributed by atoms with van der Waals surface area (Å²) >= 11 is 3.78. The van der Waals surface area contributed by atoms with Crippen LogP contribution in [0.25, 0.3) is 0 Å². The molecule has 20 heavy (non-hydrogen) atoms. The van der Waals surface area contributed by atoms with Crippen LogP contribution >= 0.6 is 15.9 Å². The highest BCUT2D eigenvalue weighted by Crippen LogP contribution is 2.54. The number of halogens is 1. The molecule has 1 aliphatic heterocycles. The Morgan fingerprint density at radius 1 is 1.15 bits per heavy atom. The molecule has 0 radical (unpaired) electrons. The van der Waals surface area contributed by atoms with Crippen molar-refractivity contribution in [3.63, 3.8) is 0 Å². The standard InChI is InChI=1S/C18H26BrN/c1-13-7-8-18(11-14(13)2)9-10-20-12-16(18)15-5-3-4-6-17(15)19/h3-6,13-14,16,20H,7-12H2,1-2H3. The molecule has 1 aliphatic carbocycles. The van der Waals surface area contributed by atoms with Crippen LogP contribution in [-0.2, 0) is 0 Å². The summed E-state index contributed by atoms with van der Waals surface area (Å²) in [6, 6.07) is 8.85. The van der Waals surface area contributed by atoms with Crippen LogP contribution in [0.3, 0.4) is 0 Å². The highest BCUT2D eigenvalue weighted by atomic mass is 79.9. The van der Waals surface area contributed by atoms with E-state index in [0.717, 1.165) is 18.4 Å². The van der Waals surface area contributed by atoms with Gasteiger partial charge in [0.05, 0.1) is 0 Å². The quantitative estimate of drug-likeness (QED) is 0.764. The first-order valence-corrected chi connectivity index (χ1v) is 8.87. The SMILES string of the molecule is CC1CCC2(CCNCC2c2ccccc2Br)CC1C. The summed E-state index contributed by atoms with van der Waals surface area (Å²) in [4.78, 5) is 0. The summed E-state index contributed by atoms with van der Waals surface area (Å²) in [6.45, 7) is 7.24. The van der Waals surface area contributed by atoms with E-state index in [1.165, 1.54) is 42.3 Å². The highest BCUT2D eigenvalue weighted by Gasteiger charge is 2.45. The highest BCUT2D eigenvalue weighted by molar-refractivity contribution is 9.10. The first-order chi connectivity index (χ1) is 9.62. The summed E-state index contributed by atoms with van der Waals surface area (Å²) in [5.41, 5.74) is 2.04. The van der Waals surface area contributed by atoms with Gasteiger partial charge in [-0.3, -0.25) is 0 Å². The zero-order valence-corrected chi connectivity index (χ0v) is 14.2. The lowest BCUT2D eigenvalue weighted by atomic mass is 9.56. The minimum atomic E-state index is 0.529. The molecule has 1 N–H and O–H groups in total. The maximum absolute atomic E-state index is 3.78. The minimum absolute atomic E-state index is 0.529. The van der Waals surface area contributed by atoms with Crippen LogP contribution in [0.1, 0.15) is 51.0 Å². The van der Waals surface area contributed by atoms with Crippen LogP contribution in [-0.4, -0.2) is 13.1 Å². The predicted molar refractivity (Wildman–Crippen MR) is 89.0 cm³/mol. The Hall–Kier alpha value is -0.340. The summed E-state index contributed by atoms with van der Waals surface area (Å²) in [7, 11) is 0. The predicted octanol–water partition coefficient (Wildman–Crippen LogP) is 4.97. The fraction of sp³-hybridized carbons (Fsp3) is 0.667. The molecule has 110 valence electrons. The second-order valence-electron chi connectivity index (χ2n) is 7.09. The monoisotopic (exact) mass is 335 g/mol. The molecule has 1 nitrogen and oxygen atoms in total. The lowest BCUT2D eigenvalue weighted by Gasteiger charge is -2.51. The molecule has 4 atom stereocenters. The Balaban J connectivity index is 1.94. The Bertz CT molecular complexity index is 472. The third-order valence-corrected chi connectivity index (χ3v) is 6.69. The van der Waals surface area contributed by atoms with Gasteiger partial charge < -0.3 is 5.32 Å². The number of piperidine rings is 1. The van der Waals surface area contributed by atoms with Crippen molar-refractivity contribution < 1.29 is 0 Å². The summed E-state index contributed by atoms with van der Waals surface area (Å²) in [6.07, 6.45) is 5.56. The molecule has 1 aromatic rings. The van der Waals surface area contributed by atoms with E-state index in [1.807, 2.05) is 0 Å². The molecule has 2 heteroatoms. The third-order valence-electron chi connectivity index (χ3n) is 5.97. The maximum Gasteiger partial charge on any atom is 0.0210 e. The molecule has 2 fully saturated rings. The van der Waals surface area contributed by atoms with Gasteiger partial charge in [0.2, 0.25) is 0 Å². The molecule has 1 saturated heterocycles. The average Bonchev–Trinajstić information content (AvgIpc) is 2.45. The van der Waals surface area contributed by atoms with Gasteiger partial charge >= 0.3 is 0 Å². The van der Waals surface area contributed by atoms with Gasteiger partial charge in [0.1, 0.15) is 0 Å². The number of rotatable bonds is 1. The van der Waals surface area contributed by atoms with Crippen LogP contribution in [0.15, 0.2) is 28.7 Å². The molecule has 1 aromatic carbocycles. The van der Waals surface area contributed by atoms with Crippen LogP contribution in [0, 0.1) is 17.3 Å². The number of nitrogens with one attached hydrogen (secondary N) is 1. The molecule has 2 aliphatic rings. The zero-order valence-electron chi connectivity index (χ0n) is 12.7. The van der Waals surface area contributed by atoms with Crippen molar-refractivity contribution in [1.29, 1.82) is 0 Å². The Morgan fingerprint density at radius 2 is 1.95 bits per heavy atom. The molecule has 1 heterocycles. The van der Waals surface area contributed by atoms with E-state index < -0.39 is 0 Å². The summed E-state index contributed by atoms with van der Waals surface area (Å²) in [5, 5.41) is 3.64. The van der Waals surface area contributed by atoms with Gasteiger partial charge in [0, 0.05) is 16.9 Å². The van der Waals surface area contributed by atoms with Crippen LogP contribution in [0.4, 0.5) is 0 Å². The smallest absolute Gasteiger partial charge is 0.0210 e. The zero-order chi connectivity index (χ0) is 14.2. The third kappa shape index (κ3) is 2.57. The molecule has 1 spiro atoms. The van der Waals surface area contributed by atoms with Gasteiger partial charge in [-0.05, 0) is 61.1 Å². The fourth-order valence-electron chi connectivity index (χ4n) is 4.46. The maximum atomic E-state index is 3.78. The van der Waals surface area contributed by atoms with E-state index in [-0.39, 0.29) is 0 Å². The second kappa shape index (κ2) is 5.81. The van der Waals surface area contributed by atoms with Crippen molar-refractivity contribution >= 4 is 15.9 Å². The van der Waals surface area contributed by atoms with Crippen LogP contribution in [0.5, 0.6) is 0 Å². The molecule has 0 amide bonds. The minimum Gasteiger partial charge on any atom is -0.316 e. The molecule has 0 aromatic heterocycles. The number of hydrogen-bond acceptors (Lipinski definition) is 1. The first-order valence-electron chi connectivity index (χ1n) is 8.07. The normalized spacial score (nSPS) is 38.0. The lowest BCUT2D eigenvalue weighted by Crippen LogP contribution is -2.47. The van der Waals surface area contributed by atoms with Gasteiger partial charge in [-0.15, -0.1) is 0 Å². The van der Waals surface area contributed by atoms with E-state index >= 15 is 0 Å².